The summed E-state index contributed by atoms with van der Waals surface area (Å²) in [5.41, 5.74) is 2.57. The average molecular weight is 422 g/mol. The number of hydrogen-bond acceptors (Lipinski definition) is 7. The van der Waals surface area contributed by atoms with E-state index in [1.165, 1.54) is 13.1 Å². The van der Waals surface area contributed by atoms with E-state index in [4.69, 9.17) is 14.2 Å². The van der Waals surface area contributed by atoms with Gasteiger partial charge in [-0.3, -0.25) is 4.79 Å². The predicted molar refractivity (Wildman–Crippen MR) is 112 cm³/mol. The summed E-state index contributed by atoms with van der Waals surface area (Å²) in [6.45, 7) is 6.26. The first kappa shape index (κ1) is 20.4. The van der Waals surface area contributed by atoms with Gasteiger partial charge in [-0.1, -0.05) is 0 Å². The molecule has 4 rings (SSSR count). The van der Waals surface area contributed by atoms with Crippen LogP contribution in [0, 0.1) is 13.8 Å². The first-order valence-electron chi connectivity index (χ1n) is 9.82. The van der Waals surface area contributed by atoms with Crippen LogP contribution in [-0.2, 0) is 9.53 Å². The van der Waals surface area contributed by atoms with E-state index in [1.54, 1.807) is 35.0 Å². The van der Waals surface area contributed by atoms with Crippen LogP contribution >= 0.6 is 0 Å². The van der Waals surface area contributed by atoms with Crippen molar-refractivity contribution in [3.8, 4) is 17.3 Å². The molecular formula is C22H22N4O5. The number of aryl methyl sites for hydroxylation is 2. The Morgan fingerprint density at radius 3 is 2.55 bits per heavy atom. The van der Waals surface area contributed by atoms with Crippen LogP contribution in [0.5, 0.6) is 11.5 Å². The maximum absolute atomic E-state index is 12.4. The number of esters is 1. The minimum absolute atomic E-state index is 0.240. The van der Waals surface area contributed by atoms with Crippen LogP contribution in [0.4, 0.5) is 5.69 Å². The fraction of sp³-hybridized carbons (Fsp3) is 0.273. The molecule has 1 amide bonds. The maximum Gasteiger partial charge on any atom is 0.340 e. The molecule has 1 unspecified atom stereocenters. The second-order valence-electron chi connectivity index (χ2n) is 7.14. The molecule has 0 bridgehead atoms. The van der Waals surface area contributed by atoms with E-state index in [2.05, 4.69) is 15.4 Å². The summed E-state index contributed by atoms with van der Waals surface area (Å²) >= 11 is 0. The SMILES string of the molecule is Cc1cc(C)n(-c2ccc(C(=O)OC(C)C(=O)Nc3ccc4c(c3)OCCO4)cn2)n1. The molecule has 1 aliphatic rings. The molecule has 3 aromatic rings. The zero-order valence-electron chi connectivity index (χ0n) is 17.4. The number of pyridine rings is 1. The van der Waals surface area contributed by atoms with Crippen molar-refractivity contribution in [1.82, 2.24) is 14.8 Å². The van der Waals surface area contributed by atoms with Crippen molar-refractivity contribution >= 4 is 17.6 Å². The van der Waals surface area contributed by atoms with Gasteiger partial charge in [-0.05, 0) is 51.1 Å². The van der Waals surface area contributed by atoms with Crippen molar-refractivity contribution < 1.29 is 23.8 Å². The van der Waals surface area contributed by atoms with Gasteiger partial charge in [-0.25, -0.2) is 14.5 Å². The molecule has 1 aromatic carbocycles. The summed E-state index contributed by atoms with van der Waals surface area (Å²) in [6.07, 6.45) is 0.399. The molecule has 0 fully saturated rings. The van der Waals surface area contributed by atoms with Crippen molar-refractivity contribution in [2.24, 2.45) is 0 Å². The number of hydrogen-bond donors (Lipinski definition) is 1. The van der Waals surface area contributed by atoms with E-state index in [0.717, 1.165) is 11.4 Å². The first-order valence-corrected chi connectivity index (χ1v) is 9.82. The average Bonchev–Trinajstić information content (AvgIpc) is 3.11. The Bertz CT molecular complexity index is 1120. The number of aromatic nitrogens is 3. The third-order valence-electron chi connectivity index (χ3n) is 4.67. The van der Waals surface area contributed by atoms with Crippen molar-refractivity contribution in [1.29, 1.82) is 0 Å². The number of carbonyl (C=O) groups is 2. The van der Waals surface area contributed by atoms with Gasteiger partial charge in [0.25, 0.3) is 5.91 Å². The summed E-state index contributed by atoms with van der Waals surface area (Å²) in [5.74, 6) is 0.670. The summed E-state index contributed by atoms with van der Waals surface area (Å²) in [6, 6.07) is 10.3. The number of nitrogens with zero attached hydrogens (tertiary/aromatic N) is 3. The van der Waals surface area contributed by atoms with Crippen molar-refractivity contribution in [3.63, 3.8) is 0 Å². The lowest BCUT2D eigenvalue weighted by molar-refractivity contribution is -0.123. The Labute approximate surface area is 178 Å². The lowest BCUT2D eigenvalue weighted by atomic mass is 10.2. The standard InChI is InChI=1S/C22H22N4O5/c1-13-10-14(2)26(25-13)20-7-4-16(12-23-20)22(28)31-15(3)21(27)24-17-5-6-18-19(11-17)30-9-8-29-18/h4-7,10-12,15H,8-9H2,1-3H3,(H,24,27). The Morgan fingerprint density at radius 1 is 1.10 bits per heavy atom. The number of amides is 1. The third-order valence-corrected chi connectivity index (χ3v) is 4.67. The van der Waals surface area contributed by atoms with Crippen LogP contribution in [0.2, 0.25) is 0 Å². The molecule has 9 heteroatoms. The highest BCUT2D eigenvalue weighted by atomic mass is 16.6. The van der Waals surface area contributed by atoms with E-state index in [1.807, 2.05) is 19.9 Å². The van der Waals surface area contributed by atoms with E-state index in [0.29, 0.717) is 36.2 Å². The zero-order valence-corrected chi connectivity index (χ0v) is 17.4. The number of carbonyl (C=O) groups excluding carboxylic acids is 2. The molecule has 3 heterocycles. The molecular weight excluding hydrogens is 400 g/mol. The van der Waals surface area contributed by atoms with Gasteiger partial charge in [0.15, 0.2) is 23.4 Å². The predicted octanol–water partition coefficient (Wildman–Crippen LogP) is 2.84. The van der Waals surface area contributed by atoms with Crippen LogP contribution in [0.3, 0.4) is 0 Å². The minimum Gasteiger partial charge on any atom is -0.486 e. The molecule has 31 heavy (non-hydrogen) atoms. The third kappa shape index (κ3) is 4.50. The normalized spacial score (nSPS) is 13.4. The first-order chi connectivity index (χ1) is 14.9. The molecule has 0 aliphatic carbocycles. The molecule has 1 N–H and O–H groups in total. The maximum atomic E-state index is 12.4. The molecule has 1 atom stereocenters. The quantitative estimate of drug-likeness (QED) is 0.631. The molecule has 160 valence electrons. The van der Waals surface area contributed by atoms with Gasteiger partial charge in [-0.15, -0.1) is 0 Å². The molecule has 0 radical (unpaired) electrons. The second kappa shape index (κ2) is 8.47. The number of ether oxygens (including phenoxy) is 3. The Morgan fingerprint density at radius 2 is 1.87 bits per heavy atom. The van der Waals surface area contributed by atoms with Gasteiger partial charge in [0.05, 0.1) is 11.3 Å². The summed E-state index contributed by atoms with van der Waals surface area (Å²) in [7, 11) is 0. The van der Waals surface area contributed by atoms with Gasteiger partial charge in [0, 0.05) is 23.6 Å². The highest BCUT2D eigenvalue weighted by Gasteiger charge is 2.21. The van der Waals surface area contributed by atoms with Crippen LogP contribution in [0.15, 0.2) is 42.6 Å². The molecule has 0 saturated heterocycles. The summed E-state index contributed by atoms with van der Waals surface area (Å²) in [5, 5.41) is 7.07. The van der Waals surface area contributed by atoms with Crippen LogP contribution in [0.25, 0.3) is 5.82 Å². The van der Waals surface area contributed by atoms with Gasteiger partial charge in [-0.2, -0.15) is 5.10 Å². The Kier molecular flexibility index (Phi) is 5.57. The van der Waals surface area contributed by atoms with Crippen LogP contribution < -0.4 is 14.8 Å². The van der Waals surface area contributed by atoms with Gasteiger partial charge in [0.1, 0.15) is 13.2 Å². The van der Waals surface area contributed by atoms with Gasteiger partial charge >= 0.3 is 5.97 Å². The number of fused-ring (bicyclic) bond motifs is 1. The summed E-state index contributed by atoms with van der Waals surface area (Å²) < 4.78 is 17.9. The zero-order chi connectivity index (χ0) is 22.0. The largest absolute Gasteiger partial charge is 0.486 e. The lowest BCUT2D eigenvalue weighted by Crippen LogP contribution is -2.30. The second-order valence-corrected chi connectivity index (χ2v) is 7.14. The molecule has 0 spiro atoms. The number of anilines is 1. The van der Waals surface area contributed by atoms with Crippen molar-refractivity contribution in [2.45, 2.75) is 26.9 Å². The van der Waals surface area contributed by atoms with E-state index >= 15 is 0 Å². The molecule has 0 saturated carbocycles. The van der Waals surface area contributed by atoms with E-state index < -0.39 is 18.0 Å². The van der Waals surface area contributed by atoms with Crippen LogP contribution in [0.1, 0.15) is 28.7 Å². The van der Waals surface area contributed by atoms with E-state index in [9.17, 15) is 9.59 Å². The highest BCUT2D eigenvalue weighted by molar-refractivity contribution is 5.97. The number of benzene rings is 1. The minimum atomic E-state index is -1.00. The van der Waals surface area contributed by atoms with Crippen LogP contribution in [-0.4, -0.2) is 46.0 Å². The molecule has 2 aromatic heterocycles. The van der Waals surface area contributed by atoms with E-state index in [-0.39, 0.29) is 5.56 Å². The molecule has 1 aliphatic heterocycles. The number of rotatable bonds is 5. The topological polar surface area (TPSA) is 105 Å². The number of nitrogens with one attached hydrogen (secondary N) is 1. The molecule has 9 nitrogen and oxygen atoms in total. The lowest BCUT2D eigenvalue weighted by Gasteiger charge is -2.19. The highest BCUT2D eigenvalue weighted by Crippen LogP contribution is 2.32. The smallest absolute Gasteiger partial charge is 0.340 e. The Balaban J connectivity index is 1.37. The van der Waals surface area contributed by atoms with Gasteiger partial charge < -0.3 is 19.5 Å². The monoisotopic (exact) mass is 422 g/mol. The van der Waals surface area contributed by atoms with Gasteiger partial charge in [0.2, 0.25) is 0 Å². The van der Waals surface area contributed by atoms with Crippen molar-refractivity contribution in [3.05, 3.63) is 59.5 Å². The van der Waals surface area contributed by atoms with Crippen molar-refractivity contribution in [2.75, 3.05) is 18.5 Å². The summed E-state index contributed by atoms with van der Waals surface area (Å²) in [4.78, 5) is 29.1. The Hall–Kier alpha value is -3.88. The fourth-order valence-corrected chi connectivity index (χ4v) is 3.14. The fourth-order valence-electron chi connectivity index (χ4n) is 3.14.